The van der Waals surface area contributed by atoms with Crippen LogP contribution in [0, 0.1) is 0 Å². The van der Waals surface area contributed by atoms with Gasteiger partial charge in [0.15, 0.2) is 0 Å². The second-order valence-electron chi connectivity index (χ2n) is 5.34. The molecule has 0 bridgehead atoms. The number of methoxy groups -OCH3 is 3. The third kappa shape index (κ3) is 5.74. The number of ether oxygens (including phenoxy) is 3. The lowest BCUT2D eigenvalue weighted by molar-refractivity contribution is -0.139. The number of rotatable bonds is 7. The second-order valence-corrected chi connectivity index (χ2v) is 5.34. The van der Waals surface area contributed by atoms with Gasteiger partial charge in [0.1, 0.15) is 17.2 Å². The summed E-state index contributed by atoms with van der Waals surface area (Å²) in [6.45, 7) is 0.212. The molecule has 142 valence electrons. The number of carbonyl (C=O) groups excluding carboxylic acids is 2. The van der Waals surface area contributed by atoms with Crippen molar-refractivity contribution in [2.75, 3.05) is 21.3 Å². The molecule has 0 aromatic heterocycles. The zero-order valence-corrected chi connectivity index (χ0v) is 15.3. The minimum absolute atomic E-state index is 0.212. The van der Waals surface area contributed by atoms with Gasteiger partial charge in [-0.1, -0.05) is 12.1 Å². The van der Waals surface area contributed by atoms with E-state index in [1.807, 2.05) is 0 Å². The van der Waals surface area contributed by atoms with Crippen molar-refractivity contribution in [3.63, 3.8) is 0 Å². The molecule has 27 heavy (non-hydrogen) atoms. The third-order valence-electron chi connectivity index (χ3n) is 3.62. The van der Waals surface area contributed by atoms with Crippen LogP contribution >= 0.6 is 0 Å². The van der Waals surface area contributed by atoms with E-state index in [0.717, 1.165) is 5.56 Å². The number of nitrogens with zero attached hydrogens (tertiary/aromatic N) is 1. The molecule has 0 aliphatic rings. The number of hydrogen-bond acceptors (Lipinski definition) is 6. The molecule has 0 spiro atoms. The van der Waals surface area contributed by atoms with Crippen molar-refractivity contribution in [1.82, 2.24) is 10.7 Å². The monoisotopic (exact) mass is 371 g/mol. The maximum absolute atomic E-state index is 11.8. The Morgan fingerprint density at radius 1 is 0.926 bits per heavy atom. The maximum atomic E-state index is 11.8. The first kappa shape index (κ1) is 19.8. The van der Waals surface area contributed by atoms with E-state index in [1.165, 1.54) is 20.4 Å². The predicted molar refractivity (Wildman–Crippen MR) is 100 cm³/mol. The Morgan fingerprint density at radius 2 is 1.59 bits per heavy atom. The van der Waals surface area contributed by atoms with Crippen molar-refractivity contribution >= 4 is 18.0 Å². The fraction of sp³-hybridized carbons (Fsp3) is 0.211. The van der Waals surface area contributed by atoms with E-state index < -0.39 is 11.8 Å². The van der Waals surface area contributed by atoms with Crippen molar-refractivity contribution in [2.45, 2.75) is 6.54 Å². The number of nitrogens with one attached hydrogen (secondary N) is 2. The number of hydrazone groups is 1. The molecule has 8 nitrogen and oxygen atoms in total. The van der Waals surface area contributed by atoms with Gasteiger partial charge in [0.25, 0.3) is 0 Å². The number of benzene rings is 2. The molecule has 0 atom stereocenters. The number of hydrogen-bond donors (Lipinski definition) is 2. The molecule has 2 N–H and O–H groups in total. The summed E-state index contributed by atoms with van der Waals surface area (Å²) in [5.41, 5.74) is 3.60. The zero-order valence-electron chi connectivity index (χ0n) is 15.3. The molecule has 0 unspecified atom stereocenters. The number of amides is 2. The first-order chi connectivity index (χ1) is 13.1. The lowest BCUT2D eigenvalue weighted by Crippen LogP contribution is -2.37. The second kappa shape index (κ2) is 9.81. The summed E-state index contributed by atoms with van der Waals surface area (Å²) >= 11 is 0. The summed E-state index contributed by atoms with van der Waals surface area (Å²) in [7, 11) is 4.63. The molecule has 8 heteroatoms. The van der Waals surface area contributed by atoms with Crippen LogP contribution in [-0.2, 0) is 16.1 Å². The molecule has 2 aromatic rings. The highest BCUT2D eigenvalue weighted by Crippen LogP contribution is 2.22. The standard InChI is InChI=1S/C19H21N3O5/c1-25-15-6-4-13(5-7-15)11-20-18(23)19(24)22-21-12-14-10-16(26-2)8-9-17(14)27-3/h4-10,12H,11H2,1-3H3,(H,20,23)(H,22,24)/b21-12-. The lowest BCUT2D eigenvalue weighted by atomic mass is 10.2. The van der Waals surface area contributed by atoms with Crippen LogP contribution < -0.4 is 25.0 Å². The van der Waals surface area contributed by atoms with E-state index in [2.05, 4.69) is 15.8 Å². The SMILES string of the molecule is COc1ccc(CNC(=O)C(=O)N/N=C\c2cc(OC)ccc2OC)cc1. The summed E-state index contributed by atoms with van der Waals surface area (Å²) in [6.07, 6.45) is 1.37. The summed E-state index contributed by atoms with van der Waals surface area (Å²) in [6, 6.07) is 12.3. The van der Waals surface area contributed by atoms with E-state index >= 15 is 0 Å². The summed E-state index contributed by atoms with van der Waals surface area (Å²) < 4.78 is 15.4. The fourth-order valence-electron chi connectivity index (χ4n) is 2.16. The quantitative estimate of drug-likeness (QED) is 0.436. The minimum Gasteiger partial charge on any atom is -0.497 e. The van der Waals surface area contributed by atoms with Crippen LogP contribution in [-0.4, -0.2) is 39.4 Å². The van der Waals surface area contributed by atoms with Crippen LogP contribution in [0.3, 0.4) is 0 Å². The van der Waals surface area contributed by atoms with Crippen LogP contribution in [0.5, 0.6) is 17.2 Å². The van der Waals surface area contributed by atoms with Gasteiger partial charge in [-0.2, -0.15) is 5.10 Å². The van der Waals surface area contributed by atoms with Gasteiger partial charge in [-0.05, 0) is 35.9 Å². The summed E-state index contributed by atoms with van der Waals surface area (Å²) in [4.78, 5) is 23.7. The Balaban J connectivity index is 1.88. The zero-order chi connectivity index (χ0) is 19.6. The molecule has 0 aliphatic heterocycles. The van der Waals surface area contributed by atoms with Crippen LogP contribution in [0.25, 0.3) is 0 Å². The van der Waals surface area contributed by atoms with Crippen molar-refractivity contribution in [2.24, 2.45) is 5.10 Å². The third-order valence-corrected chi connectivity index (χ3v) is 3.62. The van der Waals surface area contributed by atoms with Crippen LogP contribution in [0.1, 0.15) is 11.1 Å². The van der Waals surface area contributed by atoms with Crippen molar-refractivity contribution in [1.29, 1.82) is 0 Å². The summed E-state index contributed by atoms with van der Waals surface area (Å²) in [5, 5.41) is 6.30. The molecule has 0 saturated carbocycles. The van der Waals surface area contributed by atoms with Crippen molar-refractivity contribution < 1.29 is 23.8 Å². The Kier molecular flexibility index (Phi) is 7.18. The summed E-state index contributed by atoms with van der Waals surface area (Å²) in [5.74, 6) is 0.214. The minimum atomic E-state index is -0.873. The molecular weight excluding hydrogens is 350 g/mol. The van der Waals surface area contributed by atoms with E-state index in [4.69, 9.17) is 14.2 Å². The maximum Gasteiger partial charge on any atom is 0.329 e. The lowest BCUT2D eigenvalue weighted by Gasteiger charge is -2.07. The van der Waals surface area contributed by atoms with Gasteiger partial charge in [0, 0.05) is 12.1 Å². The first-order valence-corrected chi connectivity index (χ1v) is 8.03. The van der Waals surface area contributed by atoms with Crippen molar-refractivity contribution in [3.05, 3.63) is 53.6 Å². The van der Waals surface area contributed by atoms with Crippen LogP contribution in [0.4, 0.5) is 0 Å². The highest BCUT2D eigenvalue weighted by atomic mass is 16.5. The molecule has 0 fully saturated rings. The molecule has 2 amide bonds. The topological polar surface area (TPSA) is 98.2 Å². The molecule has 0 heterocycles. The van der Waals surface area contributed by atoms with Crippen LogP contribution in [0.2, 0.25) is 0 Å². The van der Waals surface area contributed by atoms with Gasteiger partial charge >= 0.3 is 11.8 Å². The molecule has 2 aromatic carbocycles. The normalized spacial score (nSPS) is 10.3. The highest BCUT2D eigenvalue weighted by molar-refractivity contribution is 6.35. The molecular formula is C19H21N3O5. The number of carbonyl (C=O) groups is 2. The Morgan fingerprint density at radius 3 is 2.22 bits per heavy atom. The van der Waals surface area contributed by atoms with Gasteiger partial charge in [-0.25, -0.2) is 5.43 Å². The highest BCUT2D eigenvalue weighted by Gasteiger charge is 2.12. The Bertz CT molecular complexity index is 819. The first-order valence-electron chi connectivity index (χ1n) is 8.03. The smallest absolute Gasteiger partial charge is 0.329 e. The van der Waals surface area contributed by atoms with Crippen molar-refractivity contribution in [3.8, 4) is 17.2 Å². The van der Waals surface area contributed by atoms with E-state index in [1.54, 1.807) is 49.6 Å². The van der Waals surface area contributed by atoms with Gasteiger partial charge in [-0.15, -0.1) is 0 Å². The van der Waals surface area contributed by atoms with E-state index in [0.29, 0.717) is 22.8 Å². The van der Waals surface area contributed by atoms with Gasteiger partial charge in [0.05, 0.1) is 27.5 Å². The van der Waals surface area contributed by atoms with E-state index in [9.17, 15) is 9.59 Å². The van der Waals surface area contributed by atoms with Gasteiger partial charge in [0.2, 0.25) is 0 Å². The van der Waals surface area contributed by atoms with Gasteiger partial charge in [-0.3, -0.25) is 9.59 Å². The molecule has 0 saturated heterocycles. The van der Waals surface area contributed by atoms with E-state index in [-0.39, 0.29) is 6.54 Å². The average Bonchev–Trinajstić information content (AvgIpc) is 2.72. The fourth-order valence-corrected chi connectivity index (χ4v) is 2.16. The van der Waals surface area contributed by atoms with Gasteiger partial charge < -0.3 is 19.5 Å². The average molecular weight is 371 g/mol. The Hall–Kier alpha value is -3.55. The molecule has 0 aliphatic carbocycles. The molecule has 0 radical (unpaired) electrons. The largest absolute Gasteiger partial charge is 0.497 e. The Labute approximate surface area is 157 Å². The predicted octanol–water partition coefficient (Wildman–Crippen LogP) is 1.48. The molecule has 2 rings (SSSR count). The van der Waals surface area contributed by atoms with Crippen LogP contribution in [0.15, 0.2) is 47.6 Å².